The first-order valence-corrected chi connectivity index (χ1v) is 6.22. The highest BCUT2D eigenvalue weighted by Gasteiger charge is 2.24. The van der Waals surface area contributed by atoms with Crippen molar-refractivity contribution in [3.05, 3.63) is 17.8 Å². The lowest BCUT2D eigenvalue weighted by atomic mass is 9.88. The molecule has 1 fully saturated rings. The first-order chi connectivity index (χ1) is 8.49. The summed E-state index contributed by atoms with van der Waals surface area (Å²) in [7, 11) is 0. The van der Waals surface area contributed by atoms with E-state index < -0.39 is 5.97 Å². The molecule has 0 spiro atoms. The smallest absolute Gasteiger partial charge is 0.337 e. The minimum absolute atomic E-state index is 0.134. The van der Waals surface area contributed by atoms with Gasteiger partial charge in [-0.25, -0.2) is 9.78 Å². The standard InChI is InChI=1S/C13H19N3O2/c1-8-3-4-16(7-9(8)2)12-11(14)5-10(6-15-12)13(17)18/h5-6,8-9H,3-4,7,14H2,1-2H3,(H,17,18). The Bertz CT molecular complexity index is 462. The van der Waals surface area contributed by atoms with E-state index in [1.807, 2.05) is 0 Å². The lowest BCUT2D eigenvalue weighted by Crippen LogP contribution is -2.39. The molecular formula is C13H19N3O2. The molecule has 1 aliphatic rings. The molecule has 0 amide bonds. The number of hydrogen-bond acceptors (Lipinski definition) is 4. The van der Waals surface area contributed by atoms with Crippen molar-refractivity contribution < 1.29 is 9.90 Å². The highest BCUT2D eigenvalue weighted by molar-refractivity contribution is 5.89. The molecule has 0 bridgehead atoms. The largest absolute Gasteiger partial charge is 0.478 e. The minimum Gasteiger partial charge on any atom is -0.478 e. The molecule has 0 aliphatic carbocycles. The van der Waals surface area contributed by atoms with Gasteiger partial charge in [0.05, 0.1) is 11.3 Å². The Morgan fingerprint density at radius 3 is 2.78 bits per heavy atom. The van der Waals surface area contributed by atoms with Gasteiger partial charge in [-0.05, 0) is 24.3 Å². The van der Waals surface area contributed by atoms with Gasteiger partial charge in [-0.3, -0.25) is 0 Å². The van der Waals surface area contributed by atoms with Crippen molar-refractivity contribution in [2.45, 2.75) is 20.3 Å². The average Bonchev–Trinajstić information content (AvgIpc) is 2.32. The number of carboxylic acids is 1. The van der Waals surface area contributed by atoms with Gasteiger partial charge in [0.15, 0.2) is 5.82 Å². The summed E-state index contributed by atoms with van der Waals surface area (Å²) in [6.07, 6.45) is 2.49. The summed E-state index contributed by atoms with van der Waals surface area (Å²) < 4.78 is 0. The van der Waals surface area contributed by atoms with Crippen LogP contribution in [0.4, 0.5) is 11.5 Å². The summed E-state index contributed by atoms with van der Waals surface area (Å²) >= 11 is 0. The fourth-order valence-corrected chi connectivity index (χ4v) is 2.31. The van der Waals surface area contributed by atoms with Gasteiger partial charge in [-0.1, -0.05) is 13.8 Å². The fraction of sp³-hybridized carbons (Fsp3) is 0.538. The van der Waals surface area contributed by atoms with E-state index in [1.165, 1.54) is 12.3 Å². The van der Waals surface area contributed by atoms with Gasteiger partial charge >= 0.3 is 5.97 Å². The maximum atomic E-state index is 10.8. The maximum Gasteiger partial charge on any atom is 0.337 e. The number of nitrogens with zero attached hydrogens (tertiary/aromatic N) is 2. The molecule has 2 unspecified atom stereocenters. The second-order valence-electron chi connectivity index (χ2n) is 5.13. The molecule has 0 aromatic carbocycles. The Balaban J connectivity index is 2.21. The zero-order valence-electron chi connectivity index (χ0n) is 10.8. The number of nitrogens with two attached hydrogens (primary N) is 1. The van der Waals surface area contributed by atoms with E-state index in [-0.39, 0.29) is 5.56 Å². The van der Waals surface area contributed by atoms with Crippen molar-refractivity contribution in [3.8, 4) is 0 Å². The van der Waals surface area contributed by atoms with E-state index in [0.29, 0.717) is 23.3 Å². The predicted octanol–water partition coefficient (Wildman–Crippen LogP) is 1.84. The third kappa shape index (κ3) is 2.39. The van der Waals surface area contributed by atoms with Crippen LogP contribution in [-0.2, 0) is 0 Å². The summed E-state index contributed by atoms with van der Waals surface area (Å²) in [5.41, 5.74) is 6.48. The quantitative estimate of drug-likeness (QED) is 0.836. The Morgan fingerprint density at radius 1 is 1.50 bits per heavy atom. The maximum absolute atomic E-state index is 10.8. The van der Waals surface area contributed by atoms with Crippen LogP contribution >= 0.6 is 0 Å². The molecule has 2 atom stereocenters. The van der Waals surface area contributed by atoms with Crippen molar-refractivity contribution in [2.24, 2.45) is 11.8 Å². The topological polar surface area (TPSA) is 79.5 Å². The molecule has 1 aliphatic heterocycles. The number of carbonyl (C=O) groups is 1. The van der Waals surface area contributed by atoms with E-state index in [9.17, 15) is 4.79 Å². The molecule has 98 valence electrons. The number of anilines is 2. The summed E-state index contributed by atoms with van der Waals surface area (Å²) in [6.45, 7) is 6.32. The van der Waals surface area contributed by atoms with Crippen LogP contribution in [0.15, 0.2) is 12.3 Å². The minimum atomic E-state index is -0.999. The third-order valence-electron chi connectivity index (χ3n) is 3.78. The molecule has 2 rings (SSSR count). The van der Waals surface area contributed by atoms with Crippen LogP contribution in [0.2, 0.25) is 0 Å². The van der Waals surface area contributed by atoms with Gasteiger partial charge in [0.2, 0.25) is 0 Å². The second-order valence-corrected chi connectivity index (χ2v) is 5.13. The van der Waals surface area contributed by atoms with Crippen LogP contribution in [0.1, 0.15) is 30.6 Å². The number of nitrogen functional groups attached to an aromatic ring is 1. The first-order valence-electron chi connectivity index (χ1n) is 6.22. The normalized spacial score (nSPS) is 24.0. The van der Waals surface area contributed by atoms with Crippen molar-refractivity contribution >= 4 is 17.5 Å². The fourth-order valence-electron chi connectivity index (χ4n) is 2.31. The van der Waals surface area contributed by atoms with Gasteiger partial charge in [0.1, 0.15) is 0 Å². The molecule has 5 heteroatoms. The molecule has 5 nitrogen and oxygen atoms in total. The first kappa shape index (κ1) is 12.7. The Labute approximate surface area is 107 Å². The summed E-state index contributed by atoms with van der Waals surface area (Å²) in [5, 5.41) is 8.88. The van der Waals surface area contributed by atoms with Gasteiger partial charge in [-0.2, -0.15) is 0 Å². The van der Waals surface area contributed by atoms with Crippen LogP contribution in [0.5, 0.6) is 0 Å². The van der Waals surface area contributed by atoms with Crippen LogP contribution < -0.4 is 10.6 Å². The molecule has 0 radical (unpaired) electrons. The molecule has 1 aromatic heterocycles. The summed E-state index contributed by atoms with van der Waals surface area (Å²) in [4.78, 5) is 17.2. The van der Waals surface area contributed by atoms with E-state index in [0.717, 1.165) is 19.5 Å². The summed E-state index contributed by atoms with van der Waals surface area (Å²) in [6, 6.07) is 1.48. The van der Waals surface area contributed by atoms with Gasteiger partial charge < -0.3 is 15.7 Å². The van der Waals surface area contributed by atoms with Crippen molar-refractivity contribution in [1.82, 2.24) is 4.98 Å². The number of piperidine rings is 1. The van der Waals surface area contributed by atoms with Crippen molar-refractivity contribution in [1.29, 1.82) is 0 Å². The number of hydrogen-bond donors (Lipinski definition) is 2. The number of aromatic carboxylic acids is 1. The highest BCUT2D eigenvalue weighted by atomic mass is 16.4. The molecule has 18 heavy (non-hydrogen) atoms. The number of carboxylic acid groups (broad SMARTS) is 1. The molecule has 0 saturated carbocycles. The number of pyridine rings is 1. The Hall–Kier alpha value is -1.78. The van der Waals surface area contributed by atoms with Gasteiger partial charge in [-0.15, -0.1) is 0 Å². The second kappa shape index (κ2) is 4.84. The van der Waals surface area contributed by atoms with Crippen molar-refractivity contribution in [2.75, 3.05) is 23.7 Å². The molecule has 1 aromatic rings. The van der Waals surface area contributed by atoms with E-state index in [1.54, 1.807) is 0 Å². The Morgan fingerprint density at radius 2 is 2.22 bits per heavy atom. The lowest BCUT2D eigenvalue weighted by molar-refractivity contribution is 0.0696. The SMILES string of the molecule is CC1CCN(c2ncc(C(=O)O)cc2N)CC1C. The van der Waals surface area contributed by atoms with Crippen LogP contribution in [0.3, 0.4) is 0 Å². The third-order valence-corrected chi connectivity index (χ3v) is 3.78. The van der Waals surface area contributed by atoms with E-state index in [2.05, 4.69) is 23.7 Å². The molecule has 2 heterocycles. The lowest BCUT2D eigenvalue weighted by Gasteiger charge is -2.36. The van der Waals surface area contributed by atoms with Gasteiger partial charge in [0, 0.05) is 19.3 Å². The monoisotopic (exact) mass is 249 g/mol. The molecule has 3 N–H and O–H groups in total. The van der Waals surface area contributed by atoms with Gasteiger partial charge in [0.25, 0.3) is 0 Å². The zero-order valence-corrected chi connectivity index (χ0v) is 10.8. The molecule has 1 saturated heterocycles. The van der Waals surface area contributed by atoms with Crippen LogP contribution in [0.25, 0.3) is 0 Å². The van der Waals surface area contributed by atoms with Crippen LogP contribution in [-0.4, -0.2) is 29.1 Å². The number of aromatic nitrogens is 1. The van der Waals surface area contributed by atoms with E-state index >= 15 is 0 Å². The molecular weight excluding hydrogens is 230 g/mol. The average molecular weight is 249 g/mol. The summed E-state index contributed by atoms with van der Waals surface area (Å²) in [5.74, 6) is 1.01. The predicted molar refractivity (Wildman–Crippen MR) is 70.8 cm³/mol. The number of rotatable bonds is 2. The zero-order chi connectivity index (χ0) is 13.3. The van der Waals surface area contributed by atoms with E-state index in [4.69, 9.17) is 10.8 Å². The van der Waals surface area contributed by atoms with Crippen molar-refractivity contribution in [3.63, 3.8) is 0 Å². The Kier molecular flexibility index (Phi) is 3.41. The highest BCUT2D eigenvalue weighted by Crippen LogP contribution is 2.29. The van der Waals surface area contributed by atoms with Crippen LogP contribution in [0, 0.1) is 11.8 Å².